The Balaban J connectivity index is 2.53. The number of aliphatic hydroxyl groups is 1. The summed E-state index contributed by atoms with van der Waals surface area (Å²) in [5, 5.41) is 17.8. The Hall–Kier alpha value is -1.39. The fourth-order valence-electron chi connectivity index (χ4n) is 0.860. The summed E-state index contributed by atoms with van der Waals surface area (Å²) < 4.78 is 4.83. The number of aliphatic carboxylic acids is 1. The number of rotatable bonds is 4. The summed E-state index contributed by atoms with van der Waals surface area (Å²) in [7, 11) is 0. The Morgan fingerprint density at radius 1 is 1.43 bits per heavy atom. The van der Waals surface area contributed by atoms with Gasteiger partial charge in [0.25, 0.3) is 5.79 Å². The highest BCUT2D eigenvalue weighted by atomic mass is 16.6. The predicted molar refractivity (Wildman–Crippen MR) is 49.5 cm³/mol. The lowest BCUT2D eigenvalue weighted by Crippen LogP contribution is -2.37. The summed E-state index contributed by atoms with van der Waals surface area (Å²) in [6.45, 7) is 1.17. The summed E-state index contributed by atoms with van der Waals surface area (Å²) in [5.74, 6) is -3.52. The van der Waals surface area contributed by atoms with Crippen molar-refractivity contribution in [2.45, 2.75) is 19.3 Å². The minimum absolute atomic E-state index is 0.0696. The van der Waals surface area contributed by atoms with Gasteiger partial charge in [0, 0.05) is 6.92 Å². The van der Waals surface area contributed by atoms with E-state index in [1.54, 1.807) is 12.1 Å². The molecule has 4 nitrogen and oxygen atoms in total. The second kappa shape index (κ2) is 4.21. The lowest BCUT2D eigenvalue weighted by Gasteiger charge is -2.18. The number of hydrogen-bond donors (Lipinski definition) is 2. The van der Waals surface area contributed by atoms with Gasteiger partial charge in [-0.2, -0.15) is 0 Å². The van der Waals surface area contributed by atoms with Crippen molar-refractivity contribution in [3.63, 3.8) is 0 Å². The van der Waals surface area contributed by atoms with Crippen LogP contribution in [0.1, 0.15) is 12.5 Å². The SMILES string of the molecule is CC(O)(OCc1ccccc1)C(=O)O. The highest BCUT2D eigenvalue weighted by Crippen LogP contribution is 2.10. The second-order valence-electron chi connectivity index (χ2n) is 3.06. The predicted octanol–water partition coefficient (Wildman–Crippen LogP) is 0.996. The van der Waals surface area contributed by atoms with Crippen molar-refractivity contribution in [1.82, 2.24) is 0 Å². The first-order chi connectivity index (χ1) is 6.52. The molecule has 1 atom stereocenters. The van der Waals surface area contributed by atoms with Crippen LogP contribution in [0.2, 0.25) is 0 Å². The van der Waals surface area contributed by atoms with E-state index in [9.17, 15) is 9.90 Å². The molecule has 1 aromatic rings. The Morgan fingerprint density at radius 3 is 2.50 bits per heavy atom. The zero-order valence-corrected chi connectivity index (χ0v) is 7.80. The van der Waals surface area contributed by atoms with Crippen LogP contribution in [0.4, 0.5) is 0 Å². The molecule has 0 fully saturated rings. The highest BCUT2D eigenvalue weighted by molar-refractivity contribution is 5.74. The first-order valence-corrected chi connectivity index (χ1v) is 4.16. The van der Waals surface area contributed by atoms with Gasteiger partial charge >= 0.3 is 5.97 Å². The van der Waals surface area contributed by atoms with E-state index in [0.717, 1.165) is 12.5 Å². The zero-order valence-electron chi connectivity index (χ0n) is 7.80. The van der Waals surface area contributed by atoms with Crippen LogP contribution in [-0.4, -0.2) is 22.0 Å². The van der Waals surface area contributed by atoms with Crippen molar-refractivity contribution in [3.8, 4) is 0 Å². The molecule has 1 aromatic carbocycles. The van der Waals surface area contributed by atoms with E-state index in [1.807, 2.05) is 18.2 Å². The molecular formula is C10H12O4. The van der Waals surface area contributed by atoms with E-state index >= 15 is 0 Å². The molecule has 0 heterocycles. The van der Waals surface area contributed by atoms with Gasteiger partial charge in [0.15, 0.2) is 0 Å². The summed E-state index contributed by atoms with van der Waals surface area (Å²) in [5.41, 5.74) is 0.814. The quantitative estimate of drug-likeness (QED) is 0.705. The van der Waals surface area contributed by atoms with Crippen molar-refractivity contribution in [1.29, 1.82) is 0 Å². The molecule has 1 unspecified atom stereocenters. The van der Waals surface area contributed by atoms with Gasteiger partial charge in [-0.05, 0) is 5.56 Å². The maximum Gasteiger partial charge on any atom is 0.363 e. The van der Waals surface area contributed by atoms with Crippen molar-refractivity contribution < 1.29 is 19.7 Å². The van der Waals surface area contributed by atoms with Gasteiger partial charge in [0.1, 0.15) is 0 Å². The van der Waals surface area contributed by atoms with Gasteiger partial charge < -0.3 is 14.9 Å². The third kappa shape index (κ3) is 2.83. The molecule has 0 saturated heterocycles. The van der Waals surface area contributed by atoms with Crippen LogP contribution in [-0.2, 0) is 16.1 Å². The van der Waals surface area contributed by atoms with Crippen molar-refractivity contribution in [3.05, 3.63) is 35.9 Å². The van der Waals surface area contributed by atoms with Gasteiger partial charge in [-0.25, -0.2) is 4.79 Å². The first kappa shape index (κ1) is 10.7. The van der Waals surface area contributed by atoms with E-state index in [-0.39, 0.29) is 6.61 Å². The van der Waals surface area contributed by atoms with E-state index in [0.29, 0.717) is 0 Å². The highest BCUT2D eigenvalue weighted by Gasteiger charge is 2.30. The van der Waals surface area contributed by atoms with Crippen LogP contribution in [0.15, 0.2) is 30.3 Å². The third-order valence-corrected chi connectivity index (χ3v) is 1.76. The van der Waals surface area contributed by atoms with E-state index in [1.165, 1.54) is 0 Å². The number of carbonyl (C=O) groups is 1. The number of carboxylic acid groups (broad SMARTS) is 1. The van der Waals surface area contributed by atoms with Gasteiger partial charge in [0.05, 0.1) is 6.61 Å². The van der Waals surface area contributed by atoms with Crippen LogP contribution in [0, 0.1) is 0 Å². The van der Waals surface area contributed by atoms with Crippen molar-refractivity contribution in [2.75, 3.05) is 0 Å². The minimum atomic E-state index is -2.13. The Labute approximate surface area is 81.8 Å². The average Bonchev–Trinajstić information content (AvgIpc) is 2.16. The minimum Gasteiger partial charge on any atom is -0.477 e. The molecule has 0 aliphatic carbocycles. The Bertz CT molecular complexity index is 305. The molecule has 1 rings (SSSR count). The molecule has 0 radical (unpaired) electrons. The number of benzene rings is 1. The van der Waals surface area contributed by atoms with Gasteiger partial charge in [0.2, 0.25) is 0 Å². The van der Waals surface area contributed by atoms with Crippen LogP contribution < -0.4 is 0 Å². The van der Waals surface area contributed by atoms with E-state index in [2.05, 4.69) is 0 Å². The molecule has 0 amide bonds. The standard InChI is InChI=1S/C10H12O4/c1-10(13,9(11)12)14-7-8-5-3-2-4-6-8/h2-6,13H,7H2,1H3,(H,11,12). The topological polar surface area (TPSA) is 66.8 Å². The van der Waals surface area contributed by atoms with Crippen LogP contribution in [0.25, 0.3) is 0 Å². The molecule has 14 heavy (non-hydrogen) atoms. The lowest BCUT2D eigenvalue weighted by molar-refractivity contribution is -0.219. The molecule has 0 saturated carbocycles. The van der Waals surface area contributed by atoms with Crippen molar-refractivity contribution in [2.24, 2.45) is 0 Å². The lowest BCUT2D eigenvalue weighted by atomic mass is 10.2. The summed E-state index contributed by atoms with van der Waals surface area (Å²) in [4.78, 5) is 10.5. The number of hydrogen-bond acceptors (Lipinski definition) is 3. The third-order valence-electron chi connectivity index (χ3n) is 1.76. The normalized spacial score (nSPS) is 14.7. The van der Waals surface area contributed by atoms with E-state index in [4.69, 9.17) is 9.84 Å². The van der Waals surface area contributed by atoms with Gasteiger partial charge in [-0.1, -0.05) is 30.3 Å². The average molecular weight is 196 g/mol. The van der Waals surface area contributed by atoms with Crippen molar-refractivity contribution >= 4 is 5.97 Å². The molecular weight excluding hydrogens is 184 g/mol. The maximum atomic E-state index is 10.5. The largest absolute Gasteiger partial charge is 0.477 e. The van der Waals surface area contributed by atoms with Gasteiger partial charge in [-0.3, -0.25) is 0 Å². The summed E-state index contributed by atoms with van der Waals surface area (Å²) in [6, 6.07) is 9.05. The molecule has 0 spiro atoms. The van der Waals surface area contributed by atoms with Gasteiger partial charge in [-0.15, -0.1) is 0 Å². The van der Waals surface area contributed by atoms with Crippen LogP contribution >= 0.6 is 0 Å². The van der Waals surface area contributed by atoms with E-state index < -0.39 is 11.8 Å². The molecule has 4 heteroatoms. The maximum absolute atomic E-state index is 10.5. The monoisotopic (exact) mass is 196 g/mol. The van der Waals surface area contributed by atoms with Crippen LogP contribution in [0.5, 0.6) is 0 Å². The molecule has 76 valence electrons. The van der Waals surface area contributed by atoms with Crippen LogP contribution in [0.3, 0.4) is 0 Å². The fourth-order valence-corrected chi connectivity index (χ4v) is 0.860. The molecule has 0 aliphatic heterocycles. The smallest absolute Gasteiger partial charge is 0.363 e. The first-order valence-electron chi connectivity index (χ1n) is 4.16. The summed E-state index contributed by atoms with van der Waals surface area (Å²) in [6.07, 6.45) is 0. The Kier molecular flexibility index (Phi) is 3.22. The summed E-state index contributed by atoms with van der Waals surface area (Å²) >= 11 is 0. The zero-order chi connectivity index (χ0) is 10.6. The fraction of sp³-hybridized carbons (Fsp3) is 0.300. The number of carboxylic acids is 1. The number of ether oxygens (including phenoxy) is 1. The molecule has 0 bridgehead atoms. The molecule has 0 aromatic heterocycles. The second-order valence-corrected chi connectivity index (χ2v) is 3.06. The molecule has 2 N–H and O–H groups in total. The molecule has 0 aliphatic rings. The Morgan fingerprint density at radius 2 is 2.00 bits per heavy atom.